The molecule has 0 aliphatic carbocycles. The fraction of sp³-hybridized carbons (Fsp3) is 0.111. The molecule has 0 spiro atoms. The van der Waals surface area contributed by atoms with Crippen LogP contribution < -0.4 is 24.8 Å². The minimum absolute atomic E-state index is 0. The third-order valence-electron chi connectivity index (χ3n) is 1.11. The topological polar surface area (TPSA) is 0 Å². The van der Waals surface area contributed by atoms with Gasteiger partial charge in [-0.3, -0.25) is 0 Å². The molecule has 0 amide bonds. The van der Waals surface area contributed by atoms with E-state index in [0.29, 0.717) is 0 Å². The van der Waals surface area contributed by atoms with Crippen LogP contribution in [-0.2, 0) is 19.5 Å². The standard InChI is InChI=1S/C9H10S.2ClH.Zn/c1-9-7-5-3-2-4-6-8-10-9;;;/h2-8H,1H3;2*1H;/q;;;+2/p-2. The Morgan fingerprint density at radius 3 is 2.15 bits per heavy atom. The summed E-state index contributed by atoms with van der Waals surface area (Å²) in [6, 6.07) is 12.3. The summed E-state index contributed by atoms with van der Waals surface area (Å²) in [4.78, 5) is 1.32. The molecule has 0 N–H and O–H groups in total. The van der Waals surface area contributed by atoms with Crippen molar-refractivity contribution in [1.29, 1.82) is 0 Å². The second-order valence-electron chi connectivity index (χ2n) is 1.99. The molecule has 0 atom stereocenters. The Balaban J connectivity index is -0.000000333. The molecule has 0 unspecified atom stereocenters. The minimum atomic E-state index is 0. The molecular formula is C9H10Cl2SZn. The van der Waals surface area contributed by atoms with Gasteiger partial charge in [-0.15, -0.1) is 11.3 Å². The van der Waals surface area contributed by atoms with Crippen molar-refractivity contribution in [2.24, 2.45) is 0 Å². The second-order valence-corrected chi connectivity index (χ2v) is 3.15. The molecule has 0 bridgehead atoms. The van der Waals surface area contributed by atoms with Crippen molar-refractivity contribution in [1.82, 2.24) is 0 Å². The summed E-state index contributed by atoms with van der Waals surface area (Å²) in [5, 5.41) is 2.08. The van der Waals surface area contributed by atoms with Crippen LogP contribution in [0.25, 0.3) is 0 Å². The first-order chi connectivity index (χ1) is 4.89. The molecule has 0 nitrogen and oxygen atoms in total. The summed E-state index contributed by atoms with van der Waals surface area (Å²) in [7, 11) is 0. The SMILES string of the molecule is Cc1cccccccs1.[Cl-].[Cl-].[Zn+2]. The van der Waals surface area contributed by atoms with Crippen LogP contribution in [0.3, 0.4) is 0 Å². The van der Waals surface area contributed by atoms with Gasteiger partial charge in [0.2, 0.25) is 0 Å². The van der Waals surface area contributed by atoms with Gasteiger partial charge < -0.3 is 24.8 Å². The monoisotopic (exact) mass is 284 g/mol. The zero-order chi connectivity index (χ0) is 7.23. The van der Waals surface area contributed by atoms with Crippen molar-refractivity contribution in [2.45, 2.75) is 6.92 Å². The van der Waals surface area contributed by atoms with E-state index in [2.05, 4.69) is 18.4 Å². The van der Waals surface area contributed by atoms with Crippen LogP contribution in [0.2, 0.25) is 0 Å². The van der Waals surface area contributed by atoms with E-state index in [0.717, 1.165) is 0 Å². The van der Waals surface area contributed by atoms with Gasteiger partial charge >= 0.3 is 19.5 Å². The van der Waals surface area contributed by atoms with E-state index in [1.54, 1.807) is 11.3 Å². The summed E-state index contributed by atoms with van der Waals surface area (Å²) < 4.78 is 0. The summed E-state index contributed by atoms with van der Waals surface area (Å²) in [5.74, 6) is 0. The van der Waals surface area contributed by atoms with Crippen LogP contribution in [0, 0.1) is 6.92 Å². The van der Waals surface area contributed by atoms with E-state index >= 15 is 0 Å². The third kappa shape index (κ3) is 10.3. The Bertz CT molecular complexity index is 225. The average Bonchev–Trinajstić information content (AvgIpc) is 2.02. The molecule has 1 heterocycles. The van der Waals surface area contributed by atoms with Crippen molar-refractivity contribution >= 4 is 11.3 Å². The molecular weight excluding hydrogens is 276 g/mol. The molecule has 1 aromatic heterocycles. The molecule has 68 valence electrons. The van der Waals surface area contributed by atoms with Crippen molar-refractivity contribution in [3.63, 3.8) is 0 Å². The quantitative estimate of drug-likeness (QED) is 0.452. The van der Waals surface area contributed by atoms with Gasteiger partial charge in [0.25, 0.3) is 0 Å². The van der Waals surface area contributed by atoms with Gasteiger partial charge in [-0.05, 0) is 18.4 Å². The van der Waals surface area contributed by atoms with Gasteiger partial charge in [0.05, 0.1) is 0 Å². The first kappa shape index (κ1) is 19.0. The molecule has 0 aliphatic rings. The van der Waals surface area contributed by atoms with Gasteiger partial charge in [-0.25, -0.2) is 0 Å². The van der Waals surface area contributed by atoms with Crippen molar-refractivity contribution < 1.29 is 44.3 Å². The second kappa shape index (κ2) is 12.4. The Labute approximate surface area is 109 Å². The summed E-state index contributed by atoms with van der Waals surface area (Å²) in [5.41, 5.74) is 0. The Hall–Kier alpha value is 0.383. The van der Waals surface area contributed by atoms with E-state index in [1.807, 2.05) is 30.3 Å². The molecule has 1 aromatic rings. The van der Waals surface area contributed by atoms with Crippen LogP contribution >= 0.6 is 11.3 Å². The average molecular weight is 287 g/mol. The Morgan fingerprint density at radius 2 is 1.46 bits per heavy atom. The van der Waals surface area contributed by atoms with E-state index in [9.17, 15) is 0 Å². The maximum atomic E-state index is 2.10. The number of hydrogen-bond acceptors (Lipinski definition) is 1. The van der Waals surface area contributed by atoms with Crippen molar-refractivity contribution in [3.8, 4) is 0 Å². The molecule has 1 rings (SSSR count). The van der Waals surface area contributed by atoms with Crippen LogP contribution in [0.15, 0.2) is 41.8 Å². The fourth-order valence-corrected chi connectivity index (χ4v) is 1.16. The summed E-state index contributed by atoms with van der Waals surface area (Å²) in [6.07, 6.45) is 0. The molecule has 0 radical (unpaired) electrons. The van der Waals surface area contributed by atoms with Gasteiger partial charge in [0.15, 0.2) is 0 Å². The smallest absolute Gasteiger partial charge is 1.00 e. The fourth-order valence-electron chi connectivity index (χ4n) is 0.615. The van der Waals surface area contributed by atoms with Crippen LogP contribution in [-0.4, -0.2) is 0 Å². The van der Waals surface area contributed by atoms with E-state index < -0.39 is 0 Å². The summed E-state index contributed by atoms with van der Waals surface area (Å²) >= 11 is 1.74. The number of hydrogen-bond donors (Lipinski definition) is 0. The van der Waals surface area contributed by atoms with Gasteiger partial charge in [0, 0.05) is 4.88 Å². The molecule has 4 heteroatoms. The predicted molar refractivity (Wildman–Crippen MR) is 46.7 cm³/mol. The van der Waals surface area contributed by atoms with E-state index in [4.69, 9.17) is 0 Å². The normalized spacial score (nSPS) is 6.54. The largest absolute Gasteiger partial charge is 2.00 e. The third-order valence-corrected chi connectivity index (χ3v) is 1.91. The summed E-state index contributed by atoms with van der Waals surface area (Å²) in [6.45, 7) is 2.10. The van der Waals surface area contributed by atoms with E-state index in [-0.39, 0.29) is 44.3 Å². The Kier molecular flexibility index (Phi) is 18.1. The van der Waals surface area contributed by atoms with Gasteiger partial charge in [-0.2, -0.15) is 0 Å². The molecule has 0 saturated heterocycles. The zero-order valence-electron chi connectivity index (χ0n) is 7.41. The first-order valence-electron chi connectivity index (χ1n) is 3.23. The molecule has 0 aromatic carbocycles. The first-order valence-corrected chi connectivity index (χ1v) is 4.11. The van der Waals surface area contributed by atoms with Crippen LogP contribution in [0.4, 0.5) is 0 Å². The zero-order valence-corrected chi connectivity index (χ0v) is 12.7. The van der Waals surface area contributed by atoms with Crippen molar-refractivity contribution in [3.05, 3.63) is 46.7 Å². The molecule has 13 heavy (non-hydrogen) atoms. The number of halogens is 2. The Morgan fingerprint density at radius 1 is 0.923 bits per heavy atom. The molecule has 0 saturated carbocycles. The van der Waals surface area contributed by atoms with Gasteiger partial charge in [0.1, 0.15) is 0 Å². The van der Waals surface area contributed by atoms with Crippen LogP contribution in [0.5, 0.6) is 0 Å². The maximum Gasteiger partial charge on any atom is 2.00 e. The van der Waals surface area contributed by atoms with E-state index in [1.165, 1.54) is 4.88 Å². The number of rotatable bonds is 0. The van der Waals surface area contributed by atoms with Crippen LogP contribution in [0.1, 0.15) is 4.88 Å². The van der Waals surface area contributed by atoms with Gasteiger partial charge in [-0.1, -0.05) is 30.3 Å². The number of aryl methyl sites for hydroxylation is 1. The minimum Gasteiger partial charge on any atom is -1.00 e. The molecule has 0 aliphatic heterocycles. The van der Waals surface area contributed by atoms with Crippen molar-refractivity contribution in [2.75, 3.05) is 0 Å². The predicted octanol–water partition coefficient (Wildman–Crippen LogP) is -2.81. The molecule has 0 fully saturated rings. The maximum absolute atomic E-state index is 2.10.